The summed E-state index contributed by atoms with van der Waals surface area (Å²) in [6.07, 6.45) is 0. The van der Waals surface area contributed by atoms with Crippen molar-refractivity contribution >= 4 is 11.0 Å². The van der Waals surface area contributed by atoms with E-state index >= 15 is 0 Å². The van der Waals surface area contributed by atoms with Gasteiger partial charge in [0, 0.05) is 13.6 Å². The molecule has 1 aromatic heterocycles. The summed E-state index contributed by atoms with van der Waals surface area (Å²) < 4.78 is 2.05. The highest BCUT2D eigenvalue weighted by atomic mass is 16.3. The number of fused-ring (bicyclic) bond motifs is 1. The molecule has 2 rings (SSSR count). The van der Waals surface area contributed by atoms with Gasteiger partial charge in [0.1, 0.15) is 5.82 Å². The van der Waals surface area contributed by atoms with Crippen molar-refractivity contribution in [1.82, 2.24) is 14.9 Å². The summed E-state index contributed by atoms with van der Waals surface area (Å²) in [6, 6.07) is 5.83. The Morgan fingerprint density at radius 2 is 2.06 bits per heavy atom. The molecule has 1 heterocycles. The summed E-state index contributed by atoms with van der Waals surface area (Å²) in [5.41, 5.74) is 3.17. The van der Waals surface area contributed by atoms with Gasteiger partial charge in [-0.15, -0.1) is 0 Å². The van der Waals surface area contributed by atoms with Crippen LogP contribution in [0.1, 0.15) is 11.4 Å². The van der Waals surface area contributed by atoms with E-state index in [0.29, 0.717) is 6.54 Å². The predicted molar refractivity (Wildman–Crippen MR) is 70.3 cm³/mol. The van der Waals surface area contributed by atoms with Crippen LogP contribution in [0.3, 0.4) is 0 Å². The summed E-state index contributed by atoms with van der Waals surface area (Å²) in [5, 5.41) is 21.0. The molecule has 0 aliphatic heterocycles. The van der Waals surface area contributed by atoms with Crippen molar-refractivity contribution in [2.24, 2.45) is 7.05 Å². The number of nitrogens with zero attached hydrogens (tertiary/aromatic N) is 2. The van der Waals surface area contributed by atoms with Crippen LogP contribution in [0.2, 0.25) is 0 Å². The lowest BCUT2D eigenvalue weighted by Gasteiger charge is -2.13. The highest BCUT2D eigenvalue weighted by Crippen LogP contribution is 2.16. The number of rotatable bonds is 5. The molecule has 3 N–H and O–H groups in total. The fraction of sp³-hybridized carbons (Fsp3) is 0.462. The van der Waals surface area contributed by atoms with Crippen molar-refractivity contribution in [2.75, 3.05) is 13.2 Å². The molecule has 98 valence electrons. The standard InChI is InChI=1S/C13H19N3O2/c1-9-15-12-5-10(3-4-13(12)16(9)2)6-14-11(7-17)8-18/h3-5,11,14,17-18H,6-8H2,1-2H3. The Bertz CT molecular complexity index is 532. The predicted octanol–water partition coefficient (Wildman–Crippen LogP) is 0.325. The van der Waals surface area contributed by atoms with Gasteiger partial charge in [0.2, 0.25) is 0 Å². The average molecular weight is 249 g/mol. The van der Waals surface area contributed by atoms with Gasteiger partial charge in [0.05, 0.1) is 30.3 Å². The van der Waals surface area contributed by atoms with Crippen LogP contribution in [0, 0.1) is 6.92 Å². The molecule has 0 fully saturated rings. The van der Waals surface area contributed by atoms with Gasteiger partial charge in [-0.05, 0) is 24.6 Å². The molecule has 2 aromatic rings. The Morgan fingerprint density at radius 3 is 2.72 bits per heavy atom. The van der Waals surface area contributed by atoms with Crippen molar-refractivity contribution in [3.8, 4) is 0 Å². The number of aromatic nitrogens is 2. The zero-order chi connectivity index (χ0) is 13.1. The molecule has 0 saturated carbocycles. The lowest BCUT2D eigenvalue weighted by molar-refractivity contribution is 0.170. The molecule has 0 bridgehead atoms. The molecule has 0 atom stereocenters. The smallest absolute Gasteiger partial charge is 0.106 e. The number of aliphatic hydroxyl groups excluding tert-OH is 2. The quantitative estimate of drug-likeness (QED) is 0.714. The van der Waals surface area contributed by atoms with Crippen LogP contribution in [0.15, 0.2) is 18.2 Å². The van der Waals surface area contributed by atoms with Gasteiger partial charge in [-0.2, -0.15) is 0 Å². The summed E-state index contributed by atoms with van der Waals surface area (Å²) in [7, 11) is 2.00. The van der Waals surface area contributed by atoms with Crippen LogP contribution in [0.4, 0.5) is 0 Å². The second-order valence-electron chi connectivity index (χ2n) is 4.48. The summed E-state index contributed by atoms with van der Waals surface area (Å²) in [4.78, 5) is 4.48. The number of hydrogen-bond acceptors (Lipinski definition) is 4. The largest absolute Gasteiger partial charge is 0.395 e. The van der Waals surface area contributed by atoms with Gasteiger partial charge < -0.3 is 20.1 Å². The maximum Gasteiger partial charge on any atom is 0.106 e. The lowest BCUT2D eigenvalue weighted by Crippen LogP contribution is -2.35. The Balaban J connectivity index is 2.15. The van der Waals surface area contributed by atoms with E-state index in [1.54, 1.807) is 0 Å². The maximum atomic E-state index is 8.98. The van der Waals surface area contributed by atoms with Gasteiger partial charge in [0.15, 0.2) is 0 Å². The van der Waals surface area contributed by atoms with Crippen molar-refractivity contribution in [3.05, 3.63) is 29.6 Å². The van der Waals surface area contributed by atoms with Crippen LogP contribution < -0.4 is 5.32 Å². The van der Waals surface area contributed by atoms with Crippen molar-refractivity contribution < 1.29 is 10.2 Å². The molecule has 1 aromatic carbocycles. The zero-order valence-electron chi connectivity index (χ0n) is 10.7. The third-order valence-electron chi connectivity index (χ3n) is 3.20. The minimum Gasteiger partial charge on any atom is -0.395 e. The minimum atomic E-state index is -0.272. The highest BCUT2D eigenvalue weighted by molar-refractivity contribution is 5.76. The van der Waals surface area contributed by atoms with E-state index in [1.807, 2.05) is 32.2 Å². The first-order chi connectivity index (χ1) is 8.65. The monoisotopic (exact) mass is 249 g/mol. The molecule has 0 spiro atoms. The Morgan fingerprint density at radius 1 is 1.33 bits per heavy atom. The van der Waals surface area contributed by atoms with Crippen molar-refractivity contribution in [1.29, 1.82) is 0 Å². The van der Waals surface area contributed by atoms with Crippen LogP contribution >= 0.6 is 0 Å². The van der Waals surface area contributed by atoms with Gasteiger partial charge in [0.25, 0.3) is 0 Å². The molecular weight excluding hydrogens is 230 g/mol. The van der Waals surface area contributed by atoms with E-state index in [9.17, 15) is 0 Å². The minimum absolute atomic E-state index is 0.0680. The molecule has 0 aliphatic carbocycles. The molecule has 18 heavy (non-hydrogen) atoms. The second kappa shape index (κ2) is 5.48. The van der Waals surface area contributed by atoms with Gasteiger partial charge in [-0.25, -0.2) is 4.98 Å². The third kappa shape index (κ3) is 2.53. The first-order valence-electron chi connectivity index (χ1n) is 6.02. The molecule has 0 radical (unpaired) electrons. The fourth-order valence-electron chi connectivity index (χ4n) is 1.92. The van der Waals surface area contributed by atoms with Crippen LogP contribution in [0.25, 0.3) is 11.0 Å². The zero-order valence-corrected chi connectivity index (χ0v) is 10.7. The lowest BCUT2D eigenvalue weighted by atomic mass is 10.2. The van der Waals surface area contributed by atoms with Crippen LogP contribution in [0.5, 0.6) is 0 Å². The molecule has 0 amide bonds. The molecule has 5 nitrogen and oxygen atoms in total. The maximum absolute atomic E-state index is 8.98. The van der Waals surface area contributed by atoms with Crippen molar-refractivity contribution in [3.63, 3.8) is 0 Å². The number of aliphatic hydroxyl groups is 2. The SMILES string of the molecule is Cc1nc2cc(CNC(CO)CO)ccc2n1C. The number of imidazole rings is 1. The third-order valence-corrected chi connectivity index (χ3v) is 3.20. The summed E-state index contributed by atoms with van der Waals surface area (Å²) >= 11 is 0. The van der Waals surface area contributed by atoms with E-state index in [1.165, 1.54) is 0 Å². The molecule has 0 saturated heterocycles. The summed E-state index contributed by atoms with van der Waals surface area (Å²) in [5.74, 6) is 0.985. The Kier molecular flexibility index (Phi) is 3.96. The number of hydrogen-bond donors (Lipinski definition) is 3. The topological polar surface area (TPSA) is 70.3 Å². The molecule has 0 unspecified atom stereocenters. The normalized spacial score (nSPS) is 11.6. The van der Waals surface area contributed by atoms with Crippen molar-refractivity contribution in [2.45, 2.75) is 19.5 Å². The van der Waals surface area contributed by atoms with E-state index in [2.05, 4.69) is 14.9 Å². The average Bonchev–Trinajstić information content (AvgIpc) is 2.66. The van der Waals surface area contributed by atoms with Gasteiger partial charge >= 0.3 is 0 Å². The summed E-state index contributed by atoms with van der Waals surface area (Å²) in [6.45, 7) is 2.45. The highest BCUT2D eigenvalue weighted by Gasteiger charge is 2.07. The fourth-order valence-corrected chi connectivity index (χ4v) is 1.92. The second-order valence-corrected chi connectivity index (χ2v) is 4.48. The first kappa shape index (κ1) is 13.0. The first-order valence-corrected chi connectivity index (χ1v) is 6.02. The molecule has 0 aliphatic rings. The number of benzene rings is 1. The van der Waals surface area contributed by atoms with Crippen LogP contribution in [-0.4, -0.2) is 39.0 Å². The van der Waals surface area contributed by atoms with E-state index in [4.69, 9.17) is 10.2 Å². The Labute approximate surface area is 106 Å². The van der Waals surface area contributed by atoms with E-state index < -0.39 is 0 Å². The number of nitrogens with one attached hydrogen (secondary N) is 1. The molecular formula is C13H19N3O2. The number of aryl methyl sites for hydroxylation is 2. The Hall–Kier alpha value is -1.43. The van der Waals surface area contributed by atoms with Gasteiger partial charge in [-0.1, -0.05) is 6.07 Å². The van der Waals surface area contributed by atoms with Crippen LogP contribution in [-0.2, 0) is 13.6 Å². The van der Waals surface area contributed by atoms with E-state index in [-0.39, 0.29) is 19.3 Å². The van der Waals surface area contributed by atoms with E-state index in [0.717, 1.165) is 22.4 Å². The molecule has 5 heteroatoms. The van der Waals surface area contributed by atoms with Gasteiger partial charge in [-0.3, -0.25) is 0 Å².